The van der Waals surface area contributed by atoms with Gasteiger partial charge < -0.3 is 10.6 Å². The van der Waals surface area contributed by atoms with Crippen molar-refractivity contribution in [2.45, 2.75) is 51.1 Å². The van der Waals surface area contributed by atoms with Crippen LogP contribution in [-0.4, -0.2) is 9.97 Å². The number of aromatic nitrogens is 2. The summed E-state index contributed by atoms with van der Waals surface area (Å²) in [5, 5.41) is 5.85. The largest absolute Gasteiger partial charge is 0.421 e. The van der Waals surface area contributed by atoms with E-state index in [-0.39, 0.29) is 11.8 Å². The van der Waals surface area contributed by atoms with Crippen molar-refractivity contribution >= 4 is 23.1 Å². The van der Waals surface area contributed by atoms with Crippen LogP contribution in [0.4, 0.5) is 36.3 Å². The molecular weight excluding hydrogens is 401 g/mol. The Kier molecular flexibility index (Phi) is 6.11. The van der Waals surface area contributed by atoms with Gasteiger partial charge >= 0.3 is 6.18 Å². The summed E-state index contributed by atoms with van der Waals surface area (Å²) in [6.45, 7) is 1.96. The molecule has 2 N–H and O–H groups in total. The van der Waals surface area contributed by atoms with Crippen LogP contribution in [0.25, 0.3) is 0 Å². The topological polar surface area (TPSA) is 49.8 Å². The van der Waals surface area contributed by atoms with Gasteiger partial charge in [-0.1, -0.05) is 49.1 Å². The Balaban J connectivity index is 1.61. The third kappa shape index (κ3) is 5.34. The second-order valence-electron chi connectivity index (χ2n) is 8.03. The molecule has 1 aromatic heterocycles. The molecule has 1 saturated carbocycles. The van der Waals surface area contributed by atoms with Gasteiger partial charge in [0.1, 0.15) is 11.4 Å². The number of alkyl halides is 3. The zero-order valence-corrected chi connectivity index (χ0v) is 17.3. The first-order valence-corrected chi connectivity index (χ1v) is 10.5. The molecular formula is C24H25F3N4. The Labute approximate surface area is 179 Å². The first kappa shape index (κ1) is 21.2. The average Bonchev–Trinajstić information content (AvgIpc) is 2.76. The normalized spacial score (nSPS) is 15.0. The monoisotopic (exact) mass is 426 g/mol. The number of nitrogens with one attached hydrogen (secondary N) is 2. The van der Waals surface area contributed by atoms with Crippen molar-refractivity contribution in [3.8, 4) is 0 Å². The molecule has 0 unspecified atom stereocenters. The first-order valence-electron chi connectivity index (χ1n) is 10.5. The molecule has 1 aliphatic rings. The minimum atomic E-state index is -4.56. The summed E-state index contributed by atoms with van der Waals surface area (Å²) in [6.07, 6.45) is 2.13. The highest BCUT2D eigenvalue weighted by atomic mass is 19.4. The predicted molar refractivity (Wildman–Crippen MR) is 117 cm³/mol. The third-order valence-electron chi connectivity index (χ3n) is 5.63. The molecule has 4 rings (SSSR count). The summed E-state index contributed by atoms with van der Waals surface area (Å²) in [4.78, 5) is 8.01. The number of hydrogen-bond donors (Lipinski definition) is 2. The molecule has 2 aromatic carbocycles. The molecule has 0 atom stereocenters. The van der Waals surface area contributed by atoms with Crippen molar-refractivity contribution in [1.29, 1.82) is 0 Å². The summed E-state index contributed by atoms with van der Waals surface area (Å²) >= 11 is 0. The van der Waals surface area contributed by atoms with Gasteiger partial charge in [0.2, 0.25) is 5.95 Å². The highest BCUT2D eigenvalue weighted by Gasteiger charge is 2.35. The molecule has 0 amide bonds. The van der Waals surface area contributed by atoms with Crippen LogP contribution in [0.15, 0.2) is 54.7 Å². The first-order chi connectivity index (χ1) is 14.9. The lowest BCUT2D eigenvalue weighted by Crippen LogP contribution is -2.13. The maximum absolute atomic E-state index is 13.6. The Hall–Kier alpha value is -3.09. The standard InChI is InChI=1S/C24H25F3N4/c1-16-10-12-19(13-11-16)30-23-28-15-21(24(25,26)27)22(31-23)29-20-9-5-8-18(14-20)17-6-3-2-4-7-17/h5,8-15,17H,2-4,6-7H2,1H3,(H2,28,29,30,31). The molecule has 162 valence electrons. The van der Waals surface area contributed by atoms with Gasteiger partial charge in [0.25, 0.3) is 0 Å². The minimum absolute atomic E-state index is 0.0998. The quantitative estimate of drug-likeness (QED) is 0.448. The molecule has 0 spiro atoms. The maximum atomic E-state index is 13.6. The summed E-state index contributed by atoms with van der Waals surface area (Å²) in [5.41, 5.74) is 2.64. The molecule has 4 nitrogen and oxygen atoms in total. The van der Waals surface area contributed by atoms with Gasteiger partial charge in [0.05, 0.1) is 0 Å². The number of anilines is 4. The van der Waals surface area contributed by atoms with E-state index in [1.165, 1.54) is 19.3 Å². The van der Waals surface area contributed by atoms with E-state index < -0.39 is 11.7 Å². The van der Waals surface area contributed by atoms with Crippen molar-refractivity contribution in [3.05, 3.63) is 71.4 Å². The smallest absolute Gasteiger partial charge is 0.340 e. The van der Waals surface area contributed by atoms with Crippen LogP contribution in [0.1, 0.15) is 54.7 Å². The lowest BCUT2D eigenvalue weighted by molar-refractivity contribution is -0.137. The van der Waals surface area contributed by atoms with E-state index in [0.717, 1.165) is 30.2 Å². The van der Waals surface area contributed by atoms with Crippen LogP contribution in [0.5, 0.6) is 0 Å². The highest BCUT2D eigenvalue weighted by Crippen LogP contribution is 2.37. The molecule has 31 heavy (non-hydrogen) atoms. The number of halogens is 3. The zero-order valence-electron chi connectivity index (χ0n) is 17.3. The fourth-order valence-corrected chi connectivity index (χ4v) is 3.95. The average molecular weight is 426 g/mol. The molecule has 1 fully saturated rings. The molecule has 0 saturated heterocycles. The molecule has 0 bridgehead atoms. The summed E-state index contributed by atoms with van der Waals surface area (Å²) in [6, 6.07) is 15.1. The van der Waals surface area contributed by atoms with E-state index in [1.54, 1.807) is 6.07 Å². The lowest BCUT2D eigenvalue weighted by Gasteiger charge is -2.22. The Morgan fingerprint density at radius 1 is 0.903 bits per heavy atom. The SMILES string of the molecule is Cc1ccc(Nc2ncc(C(F)(F)F)c(Nc3cccc(C4CCCCC4)c3)n2)cc1. The number of aryl methyl sites for hydroxylation is 1. The van der Waals surface area contributed by atoms with Crippen molar-refractivity contribution in [1.82, 2.24) is 9.97 Å². The number of hydrogen-bond acceptors (Lipinski definition) is 4. The van der Waals surface area contributed by atoms with Crippen LogP contribution in [0.3, 0.4) is 0 Å². The van der Waals surface area contributed by atoms with Crippen LogP contribution < -0.4 is 10.6 Å². The molecule has 7 heteroatoms. The third-order valence-corrected chi connectivity index (χ3v) is 5.63. The summed E-state index contributed by atoms with van der Waals surface area (Å²) in [5.74, 6) is 0.294. The van der Waals surface area contributed by atoms with Crippen LogP contribution in [0, 0.1) is 6.92 Å². The Bertz CT molecular complexity index is 1030. The van der Waals surface area contributed by atoms with Crippen LogP contribution in [-0.2, 0) is 6.18 Å². The lowest BCUT2D eigenvalue weighted by atomic mass is 9.84. The maximum Gasteiger partial charge on any atom is 0.421 e. The molecule has 0 radical (unpaired) electrons. The zero-order chi connectivity index (χ0) is 21.8. The molecule has 3 aromatic rings. The molecule has 0 aliphatic heterocycles. The van der Waals surface area contributed by atoms with Crippen molar-refractivity contribution in [3.63, 3.8) is 0 Å². The van der Waals surface area contributed by atoms with Gasteiger partial charge in [-0.05, 0) is 55.5 Å². The minimum Gasteiger partial charge on any atom is -0.340 e. The Morgan fingerprint density at radius 2 is 1.65 bits per heavy atom. The fraction of sp³-hybridized carbons (Fsp3) is 0.333. The Morgan fingerprint density at radius 3 is 2.35 bits per heavy atom. The van der Waals surface area contributed by atoms with Crippen LogP contribution in [0.2, 0.25) is 0 Å². The van der Waals surface area contributed by atoms with Crippen molar-refractivity contribution in [2.75, 3.05) is 10.6 Å². The molecule has 1 heterocycles. The fourth-order valence-electron chi connectivity index (χ4n) is 3.95. The number of rotatable bonds is 5. The van der Waals surface area contributed by atoms with Gasteiger partial charge in [0, 0.05) is 17.6 Å². The summed E-state index contributed by atoms with van der Waals surface area (Å²) < 4.78 is 40.8. The van der Waals surface area contributed by atoms with E-state index in [1.807, 2.05) is 43.3 Å². The van der Waals surface area contributed by atoms with Gasteiger partial charge in [0.15, 0.2) is 0 Å². The van der Waals surface area contributed by atoms with E-state index >= 15 is 0 Å². The van der Waals surface area contributed by atoms with Gasteiger partial charge in [-0.2, -0.15) is 18.2 Å². The van der Waals surface area contributed by atoms with Gasteiger partial charge in [-0.3, -0.25) is 0 Å². The number of benzene rings is 2. The van der Waals surface area contributed by atoms with Crippen molar-refractivity contribution in [2.24, 2.45) is 0 Å². The van der Waals surface area contributed by atoms with Gasteiger partial charge in [-0.25, -0.2) is 4.98 Å². The highest BCUT2D eigenvalue weighted by molar-refractivity contribution is 5.63. The van der Waals surface area contributed by atoms with Gasteiger partial charge in [-0.15, -0.1) is 0 Å². The van der Waals surface area contributed by atoms with Crippen LogP contribution >= 0.6 is 0 Å². The van der Waals surface area contributed by atoms with Crippen molar-refractivity contribution < 1.29 is 13.2 Å². The molecule has 1 aliphatic carbocycles. The second kappa shape index (κ2) is 8.96. The van der Waals surface area contributed by atoms with E-state index in [9.17, 15) is 13.2 Å². The van der Waals surface area contributed by atoms with E-state index in [2.05, 4.69) is 26.7 Å². The number of nitrogens with zero attached hydrogens (tertiary/aromatic N) is 2. The second-order valence-corrected chi connectivity index (χ2v) is 8.03. The van der Waals surface area contributed by atoms with E-state index in [4.69, 9.17) is 0 Å². The van der Waals surface area contributed by atoms with E-state index in [0.29, 0.717) is 17.3 Å². The predicted octanol–water partition coefficient (Wildman–Crippen LogP) is 7.34. The summed E-state index contributed by atoms with van der Waals surface area (Å²) in [7, 11) is 0.